The van der Waals surface area contributed by atoms with E-state index >= 15 is 0 Å². The smallest absolute Gasteiger partial charge is 0.0558 e. The van der Waals surface area contributed by atoms with E-state index in [4.69, 9.17) is 5.11 Å². The molecule has 5 aliphatic rings. The third-order valence-electron chi connectivity index (χ3n) is 6.82. The van der Waals surface area contributed by atoms with E-state index < -0.39 is 0 Å². The summed E-state index contributed by atoms with van der Waals surface area (Å²) in [7, 11) is 0. The average Bonchev–Trinajstić information content (AvgIpc) is 2.63. The zero-order valence-corrected chi connectivity index (χ0v) is 13.5. The van der Waals surface area contributed by atoms with E-state index in [1.807, 2.05) is 0 Å². The standard InChI is InChI=1S/C18H32N2O/c21-7-6-19-2-1-3-20(5-4-19)14-18-11-15-8-16(12-18)10-17(9-15)13-18/h15-17,21H,1-14H2. The molecule has 1 heterocycles. The highest BCUT2D eigenvalue weighted by atomic mass is 16.3. The highest BCUT2D eigenvalue weighted by Crippen LogP contribution is 2.60. The molecule has 1 N–H and O–H groups in total. The molecular weight excluding hydrogens is 260 g/mol. The minimum Gasteiger partial charge on any atom is -0.395 e. The van der Waals surface area contributed by atoms with Gasteiger partial charge in [0.25, 0.3) is 0 Å². The summed E-state index contributed by atoms with van der Waals surface area (Å²) in [6.07, 6.45) is 10.6. The summed E-state index contributed by atoms with van der Waals surface area (Å²) in [5.74, 6) is 3.23. The first kappa shape index (κ1) is 14.5. The van der Waals surface area contributed by atoms with Gasteiger partial charge in [-0.1, -0.05) is 0 Å². The van der Waals surface area contributed by atoms with Crippen LogP contribution in [0.1, 0.15) is 44.9 Å². The lowest BCUT2D eigenvalue weighted by atomic mass is 9.49. The predicted molar refractivity (Wildman–Crippen MR) is 85.2 cm³/mol. The van der Waals surface area contributed by atoms with Crippen LogP contribution in [-0.4, -0.2) is 60.8 Å². The van der Waals surface area contributed by atoms with Crippen LogP contribution in [0.3, 0.4) is 0 Å². The summed E-state index contributed by atoms with van der Waals surface area (Å²) in [5, 5.41) is 9.13. The molecule has 4 bridgehead atoms. The van der Waals surface area contributed by atoms with Gasteiger partial charge in [-0.3, -0.25) is 4.90 Å². The van der Waals surface area contributed by atoms with Gasteiger partial charge in [0.2, 0.25) is 0 Å². The van der Waals surface area contributed by atoms with Gasteiger partial charge in [0.05, 0.1) is 6.61 Å². The van der Waals surface area contributed by atoms with Gasteiger partial charge in [-0.2, -0.15) is 0 Å². The van der Waals surface area contributed by atoms with Crippen molar-refractivity contribution in [3.05, 3.63) is 0 Å². The van der Waals surface area contributed by atoms with E-state index in [2.05, 4.69) is 9.80 Å². The molecular formula is C18H32N2O. The largest absolute Gasteiger partial charge is 0.395 e. The molecule has 4 aliphatic carbocycles. The van der Waals surface area contributed by atoms with E-state index in [1.54, 1.807) is 19.3 Å². The van der Waals surface area contributed by atoms with Gasteiger partial charge >= 0.3 is 0 Å². The van der Waals surface area contributed by atoms with Gasteiger partial charge in [-0.15, -0.1) is 0 Å². The Morgan fingerprint density at radius 3 is 2.00 bits per heavy atom. The van der Waals surface area contributed by atoms with Crippen LogP contribution < -0.4 is 0 Å². The van der Waals surface area contributed by atoms with Crippen LogP contribution in [-0.2, 0) is 0 Å². The molecule has 21 heavy (non-hydrogen) atoms. The van der Waals surface area contributed by atoms with Crippen LogP contribution in [0.4, 0.5) is 0 Å². The third kappa shape index (κ3) is 3.02. The highest BCUT2D eigenvalue weighted by molar-refractivity contribution is 5.02. The molecule has 3 nitrogen and oxygen atoms in total. The monoisotopic (exact) mass is 292 g/mol. The molecule has 0 aromatic carbocycles. The summed E-state index contributed by atoms with van der Waals surface area (Å²) in [6.45, 7) is 7.40. The summed E-state index contributed by atoms with van der Waals surface area (Å²) in [6, 6.07) is 0. The summed E-state index contributed by atoms with van der Waals surface area (Å²) in [4.78, 5) is 5.21. The number of β-amino-alcohol motifs (C(OH)–C–C–N with tert-alkyl or cyclic N) is 1. The van der Waals surface area contributed by atoms with Crippen LogP contribution in [0.25, 0.3) is 0 Å². The van der Waals surface area contributed by atoms with Gasteiger partial charge in [0.1, 0.15) is 0 Å². The second kappa shape index (κ2) is 5.82. The molecule has 0 unspecified atom stereocenters. The van der Waals surface area contributed by atoms with Crippen molar-refractivity contribution >= 4 is 0 Å². The Labute approximate surface area is 129 Å². The average molecular weight is 292 g/mol. The Bertz CT molecular complexity index is 335. The quantitative estimate of drug-likeness (QED) is 0.860. The molecule has 0 radical (unpaired) electrons. The number of hydrogen-bond acceptors (Lipinski definition) is 3. The first-order valence-electron chi connectivity index (χ1n) is 9.30. The lowest BCUT2D eigenvalue weighted by Gasteiger charge is -2.58. The van der Waals surface area contributed by atoms with Crippen LogP contribution >= 0.6 is 0 Å². The lowest BCUT2D eigenvalue weighted by molar-refractivity contribution is -0.0686. The fraction of sp³-hybridized carbons (Fsp3) is 1.00. The van der Waals surface area contributed by atoms with E-state index in [0.29, 0.717) is 12.0 Å². The van der Waals surface area contributed by atoms with Crippen LogP contribution in [0, 0.1) is 23.2 Å². The second-order valence-corrected chi connectivity index (χ2v) is 8.61. The molecule has 0 aromatic rings. The molecule has 0 amide bonds. The molecule has 0 atom stereocenters. The Morgan fingerprint density at radius 1 is 0.810 bits per heavy atom. The Morgan fingerprint density at radius 2 is 1.38 bits per heavy atom. The van der Waals surface area contributed by atoms with Gasteiger partial charge in [0, 0.05) is 26.2 Å². The van der Waals surface area contributed by atoms with Crippen LogP contribution in [0.5, 0.6) is 0 Å². The lowest BCUT2D eigenvalue weighted by Crippen LogP contribution is -2.51. The van der Waals surface area contributed by atoms with Crippen molar-refractivity contribution in [2.45, 2.75) is 44.9 Å². The Kier molecular flexibility index (Phi) is 4.01. The van der Waals surface area contributed by atoms with Gasteiger partial charge in [0.15, 0.2) is 0 Å². The zero-order valence-electron chi connectivity index (χ0n) is 13.5. The molecule has 0 spiro atoms. The van der Waals surface area contributed by atoms with E-state index in [-0.39, 0.29) is 0 Å². The maximum Gasteiger partial charge on any atom is 0.0558 e. The Hall–Kier alpha value is -0.120. The topological polar surface area (TPSA) is 26.7 Å². The van der Waals surface area contributed by atoms with E-state index in [1.165, 1.54) is 51.9 Å². The number of aliphatic hydroxyl groups excluding tert-OH is 1. The molecule has 0 aromatic heterocycles. The molecule has 1 saturated heterocycles. The van der Waals surface area contributed by atoms with Crippen molar-refractivity contribution < 1.29 is 5.11 Å². The summed E-state index contributed by atoms with van der Waals surface area (Å²) in [5.41, 5.74) is 0.695. The number of aliphatic hydroxyl groups is 1. The van der Waals surface area contributed by atoms with Crippen molar-refractivity contribution in [2.24, 2.45) is 23.2 Å². The van der Waals surface area contributed by atoms with Crippen molar-refractivity contribution in [3.8, 4) is 0 Å². The van der Waals surface area contributed by atoms with Crippen molar-refractivity contribution in [1.29, 1.82) is 0 Å². The van der Waals surface area contributed by atoms with Crippen molar-refractivity contribution in [3.63, 3.8) is 0 Å². The van der Waals surface area contributed by atoms with E-state index in [9.17, 15) is 0 Å². The highest BCUT2D eigenvalue weighted by Gasteiger charge is 2.51. The van der Waals surface area contributed by atoms with Crippen LogP contribution in [0.15, 0.2) is 0 Å². The molecule has 1 aliphatic heterocycles. The molecule has 5 rings (SSSR count). The van der Waals surface area contributed by atoms with E-state index in [0.717, 1.165) is 30.8 Å². The SMILES string of the molecule is OCCN1CCCN(CC23CC4CC(CC(C4)C2)C3)CC1. The first-order valence-corrected chi connectivity index (χ1v) is 9.30. The minimum atomic E-state index is 0.314. The fourth-order valence-electron chi connectivity index (χ4n) is 6.51. The molecule has 5 fully saturated rings. The van der Waals surface area contributed by atoms with Crippen molar-refractivity contribution in [1.82, 2.24) is 9.80 Å². The minimum absolute atomic E-state index is 0.314. The van der Waals surface area contributed by atoms with Gasteiger partial charge < -0.3 is 10.0 Å². The predicted octanol–water partition coefficient (Wildman–Crippen LogP) is 2.20. The first-order chi connectivity index (χ1) is 10.2. The van der Waals surface area contributed by atoms with Crippen LogP contribution in [0.2, 0.25) is 0 Å². The van der Waals surface area contributed by atoms with Gasteiger partial charge in [-0.05, 0) is 81.2 Å². The zero-order chi connectivity index (χ0) is 14.3. The van der Waals surface area contributed by atoms with Crippen molar-refractivity contribution in [2.75, 3.05) is 45.9 Å². The number of hydrogen-bond donors (Lipinski definition) is 1. The molecule has 4 saturated carbocycles. The fourth-order valence-corrected chi connectivity index (χ4v) is 6.51. The maximum atomic E-state index is 9.13. The third-order valence-corrected chi connectivity index (χ3v) is 6.82. The number of nitrogens with zero attached hydrogens (tertiary/aromatic N) is 2. The summed E-state index contributed by atoms with van der Waals surface area (Å²) < 4.78 is 0. The summed E-state index contributed by atoms with van der Waals surface area (Å²) >= 11 is 0. The second-order valence-electron chi connectivity index (χ2n) is 8.61. The van der Waals surface area contributed by atoms with Gasteiger partial charge in [-0.25, -0.2) is 0 Å². The normalized spacial score (nSPS) is 44.1. The maximum absolute atomic E-state index is 9.13. The molecule has 120 valence electrons. The number of rotatable bonds is 4. The Balaban J connectivity index is 1.37. The molecule has 3 heteroatoms.